The monoisotopic (exact) mass is 594 g/mol. The zero-order chi connectivity index (χ0) is 29.0. The van der Waals surface area contributed by atoms with Crippen LogP contribution in [0.15, 0.2) is 46.0 Å². The van der Waals surface area contributed by atoms with Crippen LogP contribution in [0, 0.1) is 5.82 Å². The molecule has 1 saturated heterocycles. The van der Waals surface area contributed by atoms with Gasteiger partial charge in [-0.3, -0.25) is 14.7 Å². The Morgan fingerprint density at radius 3 is 2.73 bits per heavy atom. The maximum Gasteiger partial charge on any atom is 0.347 e. The van der Waals surface area contributed by atoms with E-state index in [1.54, 1.807) is 30.3 Å². The van der Waals surface area contributed by atoms with Gasteiger partial charge in [-0.1, -0.05) is 17.7 Å². The summed E-state index contributed by atoms with van der Waals surface area (Å²) in [5, 5.41) is 15.2. The van der Waals surface area contributed by atoms with Crippen LogP contribution in [0.1, 0.15) is 37.4 Å². The van der Waals surface area contributed by atoms with Crippen molar-refractivity contribution in [1.82, 2.24) is 15.2 Å². The summed E-state index contributed by atoms with van der Waals surface area (Å²) in [6.45, 7) is 5.20. The van der Waals surface area contributed by atoms with Crippen molar-refractivity contribution < 1.29 is 38.1 Å². The van der Waals surface area contributed by atoms with E-state index in [9.17, 15) is 23.9 Å². The Labute approximate surface area is 238 Å². The summed E-state index contributed by atoms with van der Waals surface area (Å²) in [5.41, 5.74) is 0.555. The number of aromatic nitrogens is 1. The molecule has 214 valence electrons. The number of esters is 2. The maximum atomic E-state index is 14.0. The molecule has 40 heavy (non-hydrogen) atoms. The first-order chi connectivity index (χ1) is 19.0. The van der Waals surface area contributed by atoms with E-state index >= 15 is 0 Å². The first-order valence-electron chi connectivity index (χ1n) is 12.4. The van der Waals surface area contributed by atoms with Crippen molar-refractivity contribution in [2.45, 2.75) is 45.1 Å². The SMILES string of the molecule is CC(C)OC(=O)[C@H](C)OC(=O)C1=C(CN2CCOC[C@H]2C(=O)O)NC(c2nccs2)=N[C@H]1c1ccc(F)cc1Cl. The van der Waals surface area contributed by atoms with E-state index in [0.29, 0.717) is 16.4 Å². The molecule has 0 unspecified atom stereocenters. The van der Waals surface area contributed by atoms with Gasteiger partial charge in [0.2, 0.25) is 0 Å². The van der Waals surface area contributed by atoms with Crippen LogP contribution < -0.4 is 5.32 Å². The van der Waals surface area contributed by atoms with Gasteiger partial charge in [-0.2, -0.15) is 0 Å². The lowest BCUT2D eigenvalue weighted by atomic mass is 9.95. The van der Waals surface area contributed by atoms with E-state index in [-0.39, 0.29) is 42.6 Å². The topological polar surface area (TPSA) is 140 Å². The van der Waals surface area contributed by atoms with E-state index in [1.807, 2.05) is 0 Å². The highest BCUT2D eigenvalue weighted by molar-refractivity contribution is 7.11. The predicted molar refractivity (Wildman–Crippen MR) is 144 cm³/mol. The van der Waals surface area contributed by atoms with Gasteiger partial charge in [0.1, 0.15) is 17.9 Å². The van der Waals surface area contributed by atoms with Crippen molar-refractivity contribution in [3.05, 3.63) is 62.5 Å². The first kappa shape index (κ1) is 29.6. The summed E-state index contributed by atoms with van der Waals surface area (Å²) in [4.78, 5) is 48.8. The minimum Gasteiger partial charge on any atom is -0.480 e. The van der Waals surface area contributed by atoms with Crippen molar-refractivity contribution in [2.24, 2.45) is 4.99 Å². The Morgan fingerprint density at radius 1 is 1.30 bits per heavy atom. The second-order valence-electron chi connectivity index (χ2n) is 9.33. The molecule has 1 aromatic heterocycles. The molecule has 0 amide bonds. The van der Waals surface area contributed by atoms with Gasteiger partial charge in [-0.05, 0) is 32.9 Å². The molecule has 3 atom stereocenters. The summed E-state index contributed by atoms with van der Waals surface area (Å²) in [7, 11) is 0. The number of halogens is 2. The number of carboxylic acid groups (broad SMARTS) is 1. The molecule has 2 aliphatic rings. The summed E-state index contributed by atoms with van der Waals surface area (Å²) >= 11 is 7.72. The number of thiazole rings is 1. The Morgan fingerprint density at radius 2 is 2.08 bits per heavy atom. The normalized spacial score (nSPS) is 20.5. The number of aliphatic imine (C=N–C) groups is 1. The lowest BCUT2D eigenvalue weighted by Gasteiger charge is -2.35. The molecule has 4 rings (SSSR count). The molecular weight excluding hydrogens is 567 g/mol. The van der Waals surface area contributed by atoms with E-state index in [2.05, 4.69) is 10.3 Å². The average molecular weight is 595 g/mol. The number of ether oxygens (including phenoxy) is 3. The van der Waals surface area contributed by atoms with Crippen molar-refractivity contribution in [1.29, 1.82) is 0 Å². The van der Waals surface area contributed by atoms with Crippen molar-refractivity contribution in [3.63, 3.8) is 0 Å². The number of carbonyl (C=O) groups is 3. The van der Waals surface area contributed by atoms with Crippen LogP contribution in [0.2, 0.25) is 5.02 Å². The van der Waals surface area contributed by atoms with Crippen LogP contribution in [0.3, 0.4) is 0 Å². The zero-order valence-electron chi connectivity index (χ0n) is 21.9. The van der Waals surface area contributed by atoms with Crippen molar-refractivity contribution in [2.75, 3.05) is 26.3 Å². The number of morpholine rings is 1. The smallest absolute Gasteiger partial charge is 0.347 e. The van der Waals surface area contributed by atoms with Crippen LogP contribution in [0.4, 0.5) is 4.39 Å². The largest absolute Gasteiger partial charge is 0.480 e. The van der Waals surface area contributed by atoms with E-state index in [1.165, 1.54) is 30.4 Å². The Kier molecular flexibility index (Phi) is 9.51. The van der Waals surface area contributed by atoms with Gasteiger partial charge >= 0.3 is 17.9 Å². The van der Waals surface area contributed by atoms with Gasteiger partial charge in [0.15, 0.2) is 16.9 Å². The number of nitrogens with zero attached hydrogens (tertiary/aromatic N) is 3. The van der Waals surface area contributed by atoms with Gasteiger partial charge in [-0.25, -0.2) is 19.0 Å². The molecule has 3 heterocycles. The van der Waals surface area contributed by atoms with Crippen LogP contribution in [0.5, 0.6) is 0 Å². The molecule has 2 aliphatic heterocycles. The molecule has 0 spiro atoms. The lowest BCUT2D eigenvalue weighted by Crippen LogP contribution is -2.52. The van der Waals surface area contributed by atoms with Crippen molar-refractivity contribution in [3.8, 4) is 0 Å². The van der Waals surface area contributed by atoms with Gasteiger partial charge in [0.05, 0.1) is 24.9 Å². The van der Waals surface area contributed by atoms with Gasteiger partial charge < -0.3 is 24.6 Å². The van der Waals surface area contributed by atoms with Crippen LogP contribution >= 0.6 is 22.9 Å². The zero-order valence-corrected chi connectivity index (χ0v) is 23.5. The Hall–Kier alpha value is -3.39. The second kappa shape index (κ2) is 12.9. The standard InChI is InChI=1S/C26H28ClFN4O7S/c1-13(2)38-25(35)14(3)39-26(36)20-18(11-32-7-8-37-12-19(32)24(33)34)30-22(23-29-6-9-40-23)31-21(20)16-5-4-15(28)10-17(16)27/h4-6,9-10,13-14,19,21H,7-8,11-12H2,1-3H3,(H,30,31)(H,33,34)/t14-,19-,21-/m0/s1. The molecular formula is C26H28ClFN4O7S. The van der Waals surface area contributed by atoms with E-state index in [4.69, 9.17) is 30.8 Å². The second-order valence-corrected chi connectivity index (χ2v) is 10.6. The van der Waals surface area contributed by atoms with Crippen molar-refractivity contribution >= 4 is 46.7 Å². The highest BCUT2D eigenvalue weighted by Gasteiger charge is 2.38. The molecule has 0 aliphatic carbocycles. The highest BCUT2D eigenvalue weighted by atomic mass is 35.5. The summed E-state index contributed by atoms with van der Waals surface area (Å²) in [6.07, 6.45) is -0.0976. The molecule has 0 saturated carbocycles. The molecule has 1 aromatic carbocycles. The Bertz CT molecular complexity index is 1330. The molecule has 0 bridgehead atoms. The van der Waals surface area contributed by atoms with Crippen LogP contribution in [0.25, 0.3) is 0 Å². The molecule has 2 aromatic rings. The van der Waals surface area contributed by atoms with Crippen LogP contribution in [-0.4, -0.2) is 83.3 Å². The fourth-order valence-corrected chi connectivity index (χ4v) is 5.07. The average Bonchev–Trinajstić information content (AvgIpc) is 3.43. The van der Waals surface area contributed by atoms with Gasteiger partial charge in [0.25, 0.3) is 0 Å². The predicted octanol–water partition coefficient (Wildman–Crippen LogP) is 2.95. The number of hydrogen-bond donors (Lipinski definition) is 2. The third-order valence-corrected chi connectivity index (χ3v) is 7.20. The number of hydrogen-bond acceptors (Lipinski definition) is 11. The Balaban J connectivity index is 1.81. The number of rotatable bonds is 9. The molecule has 2 N–H and O–H groups in total. The molecule has 11 nitrogen and oxygen atoms in total. The minimum atomic E-state index is -1.26. The number of nitrogens with one attached hydrogen (secondary N) is 1. The fourth-order valence-electron chi connectivity index (χ4n) is 4.22. The fraction of sp³-hybridized carbons (Fsp3) is 0.423. The molecule has 0 radical (unpaired) electrons. The maximum absolute atomic E-state index is 14.0. The van der Waals surface area contributed by atoms with E-state index < -0.39 is 48.0 Å². The molecule has 1 fully saturated rings. The number of amidine groups is 1. The quantitative estimate of drug-likeness (QED) is 0.416. The third kappa shape index (κ3) is 6.84. The number of carbonyl (C=O) groups excluding carboxylic acids is 2. The van der Waals surface area contributed by atoms with E-state index in [0.717, 1.165) is 6.07 Å². The summed E-state index contributed by atoms with van der Waals surface area (Å²) in [5.74, 6) is -3.00. The summed E-state index contributed by atoms with van der Waals surface area (Å²) in [6, 6.07) is 1.64. The number of benzene rings is 1. The highest BCUT2D eigenvalue weighted by Crippen LogP contribution is 2.37. The number of carboxylic acids is 1. The first-order valence-corrected chi connectivity index (χ1v) is 13.7. The number of aliphatic carboxylic acids is 1. The van der Waals surface area contributed by atoms with Crippen LogP contribution in [-0.2, 0) is 28.6 Å². The van der Waals surface area contributed by atoms with Gasteiger partial charge in [-0.15, -0.1) is 11.3 Å². The third-order valence-electron chi connectivity index (χ3n) is 6.09. The lowest BCUT2D eigenvalue weighted by molar-refractivity contribution is -0.167. The minimum absolute atomic E-state index is 0.0147. The molecule has 14 heteroatoms. The summed E-state index contributed by atoms with van der Waals surface area (Å²) < 4.78 is 30.0. The van der Waals surface area contributed by atoms with Gasteiger partial charge in [0, 0.05) is 40.9 Å².